The molecule has 0 saturated carbocycles. The van der Waals surface area contributed by atoms with Crippen LogP contribution < -0.4 is 10.1 Å². The average Bonchev–Trinajstić information content (AvgIpc) is 2.35. The quantitative estimate of drug-likeness (QED) is 0.893. The van der Waals surface area contributed by atoms with Crippen LogP contribution in [-0.4, -0.2) is 19.7 Å². The van der Waals surface area contributed by atoms with Gasteiger partial charge in [-0.3, -0.25) is 0 Å². The monoisotopic (exact) mass is 255 g/mol. The lowest BCUT2D eigenvalue weighted by Crippen LogP contribution is -2.35. The summed E-state index contributed by atoms with van der Waals surface area (Å²) in [4.78, 5) is 0. The van der Waals surface area contributed by atoms with Gasteiger partial charge in [-0.05, 0) is 49.4 Å². The van der Waals surface area contributed by atoms with Crippen LogP contribution in [0, 0.1) is 0 Å². The Morgan fingerprint density at radius 3 is 2.94 bits per heavy atom. The smallest absolute Gasteiger partial charge is 0.122 e. The second-order valence-electron chi connectivity index (χ2n) is 4.49. The van der Waals surface area contributed by atoms with Crippen molar-refractivity contribution in [3.05, 3.63) is 29.3 Å². The summed E-state index contributed by atoms with van der Waals surface area (Å²) < 4.78 is 5.41. The predicted molar refractivity (Wildman–Crippen MR) is 74.3 cm³/mol. The summed E-state index contributed by atoms with van der Waals surface area (Å²) in [7, 11) is 1.76. The molecule has 0 bridgehead atoms. The maximum absolute atomic E-state index is 5.41. The Hall–Kier alpha value is -0.730. The summed E-state index contributed by atoms with van der Waals surface area (Å²) in [5.41, 5.74) is 2.87. The van der Waals surface area contributed by atoms with Crippen molar-refractivity contribution in [3.63, 3.8) is 0 Å². The second kappa shape index (κ2) is 6.87. The molecule has 1 aliphatic carbocycles. The molecule has 0 heterocycles. The molecule has 0 aromatic heterocycles. The molecule has 2 nitrogen and oxygen atoms in total. The molecule has 1 N–H and O–H groups in total. The van der Waals surface area contributed by atoms with Crippen molar-refractivity contribution in [2.45, 2.75) is 38.6 Å². The lowest BCUT2D eigenvalue weighted by molar-refractivity contribution is 0.397. The molecule has 0 amide bonds. The first-order chi connectivity index (χ1) is 7.85. The summed E-state index contributed by atoms with van der Waals surface area (Å²) in [6, 6.07) is 7.05. The number of nitrogens with one attached hydrogen (secondary N) is 1. The minimum absolute atomic E-state index is 0. The number of methoxy groups -OCH3 is 1. The Labute approximate surface area is 110 Å². The Morgan fingerprint density at radius 2 is 2.24 bits per heavy atom. The highest BCUT2D eigenvalue weighted by molar-refractivity contribution is 5.85. The molecule has 0 saturated heterocycles. The van der Waals surface area contributed by atoms with Gasteiger partial charge in [0.25, 0.3) is 0 Å². The maximum atomic E-state index is 5.41. The minimum Gasteiger partial charge on any atom is -0.496 e. The summed E-state index contributed by atoms with van der Waals surface area (Å²) >= 11 is 0. The molecule has 17 heavy (non-hydrogen) atoms. The first kappa shape index (κ1) is 14.3. The third-order valence-corrected chi connectivity index (χ3v) is 3.34. The summed E-state index contributed by atoms with van der Waals surface area (Å²) in [5.74, 6) is 1.06. The van der Waals surface area contributed by atoms with E-state index < -0.39 is 0 Å². The normalized spacial score (nSPS) is 18.1. The van der Waals surface area contributed by atoms with Crippen molar-refractivity contribution in [3.8, 4) is 5.75 Å². The molecule has 3 heteroatoms. The van der Waals surface area contributed by atoms with E-state index >= 15 is 0 Å². The lowest BCUT2D eigenvalue weighted by atomic mass is 9.87. The van der Waals surface area contributed by atoms with E-state index in [1.165, 1.54) is 24.0 Å². The topological polar surface area (TPSA) is 21.3 Å². The number of ether oxygens (including phenoxy) is 1. The largest absolute Gasteiger partial charge is 0.496 e. The number of hydrogen-bond acceptors (Lipinski definition) is 2. The Balaban J connectivity index is 0.00000144. The molecule has 1 aromatic rings. The molecule has 0 fully saturated rings. The van der Waals surface area contributed by atoms with E-state index in [1.54, 1.807) is 7.11 Å². The molecule has 0 radical (unpaired) electrons. The van der Waals surface area contributed by atoms with E-state index in [0.29, 0.717) is 6.04 Å². The van der Waals surface area contributed by atoms with E-state index in [2.05, 4.69) is 30.4 Å². The Morgan fingerprint density at radius 1 is 1.41 bits per heavy atom. The van der Waals surface area contributed by atoms with Crippen molar-refractivity contribution in [2.24, 2.45) is 0 Å². The molecular weight excluding hydrogens is 234 g/mol. The number of benzene rings is 1. The molecule has 1 atom stereocenters. The number of rotatable bonds is 4. The van der Waals surface area contributed by atoms with E-state index in [4.69, 9.17) is 4.74 Å². The van der Waals surface area contributed by atoms with E-state index in [-0.39, 0.29) is 12.4 Å². The summed E-state index contributed by atoms with van der Waals surface area (Å²) in [6.07, 6.45) is 4.72. The molecule has 0 unspecified atom stereocenters. The van der Waals surface area contributed by atoms with Gasteiger partial charge in [-0.25, -0.2) is 0 Å². The SMILES string of the molecule is CCCN[C@H]1CCc2c(cccc2OC)C1.Cl. The minimum atomic E-state index is 0. The van der Waals surface area contributed by atoms with E-state index in [1.807, 2.05) is 0 Å². The standard InChI is InChI=1S/C14H21NO.ClH/c1-3-9-15-12-7-8-13-11(10-12)5-4-6-14(13)16-2;/h4-6,12,15H,3,7-10H2,1-2H3;1H/t12-;/m0./s1. The number of halogens is 1. The van der Waals surface area contributed by atoms with Gasteiger partial charge in [-0.1, -0.05) is 19.1 Å². The van der Waals surface area contributed by atoms with Crippen LogP contribution in [0.4, 0.5) is 0 Å². The van der Waals surface area contributed by atoms with Crippen molar-refractivity contribution < 1.29 is 4.74 Å². The summed E-state index contributed by atoms with van der Waals surface area (Å²) in [6.45, 7) is 3.34. The lowest BCUT2D eigenvalue weighted by Gasteiger charge is -2.26. The predicted octanol–water partition coefficient (Wildman–Crippen LogP) is 2.97. The zero-order valence-corrected chi connectivity index (χ0v) is 11.5. The summed E-state index contributed by atoms with van der Waals surface area (Å²) in [5, 5.41) is 3.61. The first-order valence-electron chi connectivity index (χ1n) is 6.23. The van der Waals surface area contributed by atoms with Crippen molar-refractivity contribution in [1.29, 1.82) is 0 Å². The van der Waals surface area contributed by atoms with Crippen LogP contribution in [0.3, 0.4) is 0 Å². The van der Waals surface area contributed by atoms with Gasteiger partial charge >= 0.3 is 0 Å². The highest BCUT2D eigenvalue weighted by Crippen LogP contribution is 2.29. The maximum Gasteiger partial charge on any atom is 0.122 e. The van der Waals surface area contributed by atoms with Crippen molar-refractivity contribution >= 4 is 12.4 Å². The van der Waals surface area contributed by atoms with Gasteiger partial charge in [0.2, 0.25) is 0 Å². The highest BCUT2D eigenvalue weighted by Gasteiger charge is 2.20. The van der Waals surface area contributed by atoms with Gasteiger partial charge in [0.15, 0.2) is 0 Å². The van der Waals surface area contributed by atoms with Crippen LogP contribution in [0.25, 0.3) is 0 Å². The van der Waals surface area contributed by atoms with Gasteiger partial charge in [-0.15, -0.1) is 12.4 Å². The first-order valence-corrected chi connectivity index (χ1v) is 6.23. The van der Waals surface area contributed by atoms with Crippen LogP contribution in [0.15, 0.2) is 18.2 Å². The molecule has 0 aliphatic heterocycles. The zero-order chi connectivity index (χ0) is 11.4. The van der Waals surface area contributed by atoms with E-state index in [9.17, 15) is 0 Å². The number of hydrogen-bond donors (Lipinski definition) is 1. The van der Waals surface area contributed by atoms with Crippen LogP contribution in [0.2, 0.25) is 0 Å². The average molecular weight is 256 g/mol. The van der Waals surface area contributed by atoms with E-state index in [0.717, 1.165) is 25.1 Å². The molecule has 2 rings (SSSR count). The van der Waals surface area contributed by atoms with Crippen molar-refractivity contribution in [2.75, 3.05) is 13.7 Å². The van der Waals surface area contributed by atoms with Crippen molar-refractivity contribution in [1.82, 2.24) is 5.32 Å². The molecule has 0 spiro atoms. The zero-order valence-electron chi connectivity index (χ0n) is 10.7. The molecule has 96 valence electrons. The Kier molecular flexibility index (Phi) is 5.79. The third kappa shape index (κ3) is 3.36. The van der Waals surface area contributed by atoms with Gasteiger partial charge in [0.1, 0.15) is 5.75 Å². The fraction of sp³-hybridized carbons (Fsp3) is 0.571. The second-order valence-corrected chi connectivity index (χ2v) is 4.49. The third-order valence-electron chi connectivity index (χ3n) is 3.34. The van der Waals surface area contributed by atoms with Gasteiger partial charge in [0.05, 0.1) is 7.11 Å². The fourth-order valence-electron chi connectivity index (χ4n) is 2.49. The highest BCUT2D eigenvalue weighted by atomic mass is 35.5. The number of fused-ring (bicyclic) bond motifs is 1. The molecule has 1 aromatic carbocycles. The van der Waals surface area contributed by atoms with Gasteiger partial charge in [0, 0.05) is 6.04 Å². The molecular formula is C14H22ClNO. The van der Waals surface area contributed by atoms with Crippen LogP contribution >= 0.6 is 12.4 Å². The molecule has 1 aliphatic rings. The fourth-order valence-corrected chi connectivity index (χ4v) is 2.49. The van der Waals surface area contributed by atoms with Crippen LogP contribution in [-0.2, 0) is 12.8 Å². The van der Waals surface area contributed by atoms with Crippen LogP contribution in [0.1, 0.15) is 30.9 Å². The van der Waals surface area contributed by atoms with Crippen LogP contribution in [0.5, 0.6) is 5.75 Å². The Bertz CT molecular complexity index is 354. The van der Waals surface area contributed by atoms with Gasteiger partial charge < -0.3 is 10.1 Å². The van der Waals surface area contributed by atoms with Gasteiger partial charge in [-0.2, -0.15) is 0 Å².